The van der Waals surface area contributed by atoms with Crippen molar-refractivity contribution < 1.29 is 0 Å². The molecule has 2 aromatic rings. The third-order valence-corrected chi connectivity index (χ3v) is 5.93. The Hall–Kier alpha value is -1.20. The summed E-state index contributed by atoms with van der Waals surface area (Å²) in [6, 6.07) is 0. The van der Waals surface area contributed by atoms with Crippen LogP contribution in [0, 0.1) is 25.7 Å². The van der Waals surface area contributed by atoms with E-state index in [0.29, 0.717) is 6.54 Å². The number of rotatable bonds is 4. The van der Waals surface area contributed by atoms with E-state index in [4.69, 9.17) is 0 Å². The molecule has 2 unspecified atom stereocenters. The summed E-state index contributed by atoms with van der Waals surface area (Å²) in [5, 5.41) is 4.21. The van der Waals surface area contributed by atoms with Crippen LogP contribution in [0.25, 0.3) is 10.2 Å². The summed E-state index contributed by atoms with van der Waals surface area (Å²) in [4.78, 5) is 21.7. The van der Waals surface area contributed by atoms with Crippen molar-refractivity contribution in [1.29, 1.82) is 0 Å². The van der Waals surface area contributed by atoms with Gasteiger partial charge in [0, 0.05) is 4.88 Å². The fraction of sp³-hybridized carbons (Fsp3) is 0.625. The lowest BCUT2D eigenvalue weighted by Crippen LogP contribution is -2.26. The molecular formula is C16H23N3OS. The number of nitrogens with one attached hydrogen (secondary N) is 2. The molecule has 0 saturated heterocycles. The summed E-state index contributed by atoms with van der Waals surface area (Å²) in [5.41, 5.74) is 1.05. The fourth-order valence-electron chi connectivity index (χ4n) is 3.28. The number of H-pyrrole nitrogens is 1. The van der Waals surface area contributed by atoms with E-state index >= 15 is 0 Å². The molecule has 0 bridgehead atoms. The summed E-state index contributed by atoms with van der Waals surface area (Å²) < 4.78 is 0. The van der Waals surface area contributed by atoms with Crippen LogP contribution in [0.4, 0.5) is 0 Å². The molecule has 2 atom stereocenters. The first-order chi connectivity index (χ1) is 10.1. The lowest BCUT2D eigenvalue weighted by molar-refractivity contribution is 0.390. The molecule has 0 radical (unpaired) electrons. The molecular weight excluding hydrogens is 282 g/mol. The molecule has 21 heavy (non-hydrogen) atoms. The van der Waals surface area contributed by atoms with Crippen molar-refractivity contribution >= 4 is 21.6 Å². The summed E-state index contributed by atoms with van der Waals surface area (Å²) in [6.07, 6.45) is 4.02. The highest BCUT2D eigenvalue weighted by atomic mass is 32.1. The Labute approximate surface area is 129 Å². The van der Waals surface area contributed by atoms with Gasteiger partial charge in [0.15, 0.2) is 0 Å². The van der Waals surface area contributed by atoms with Gasteiger partial charge in [0.05, 0.1) is 11.9 Å². The van der Waals surface area contributed by atoms with Crippen LogP contribution in [0.2, 0.25) is 0 Å². The maximum absolute atomic E-state index is 12.2. The van der Waals surface area contributed by atoms with Gasteiger partial charge in [-0.2, -0.15) is 0 Å². The second kappa shape index (κ2) is 5.89. The van der Waals surface area contributed by atoms with Crippen molar-refractivity contribution in [2.75, 3.05) is 6.54 Å². The molecule has 4 nitrogen and oxygen atoms in total. The van der Waals surface area contributed by atoms with Gasteiger partial charge >= 0.3 is 0 Å². The number of thiophene rings is 1. The molecule has 3 rings (SSSR count). The first-order valence-electron chi connectivity index (χ1n) is 7.76. The predicted molar refractivity (Wildman–Crippen MR) is 87.9 cm³/mol. The number of hydrogen-bond donors (Lipinski definition) is 2. The third kappa shape index (κ3) is 2.90. The van der Waals surface area contributed by atoms with Crippen LogP contribution in [0.1, 0.15) is 42.5 Å². The zero-order valence-corrected chi connectivity index (χ0v) is 13.8. The van der Waals surface area contributed by atoms with Crippen molar-refractivity contribution in [2.45, 2.75) is 46.6 Å². The van der Waals surface area contributed by atoms with E-state index in [2.05, 4.69) is 22.2 Å². The molecule has 0 spiro atoms. The Morgan fingerprint density at radius 3 is 2.90 bits per heavy atom. The Morgan fingerprint density at radius 1 is 1.38 bits per heavy atom. The van der Waals surface area contributed by atoms with E-state index in [9.17, 15) is 4.79 Å². The summed E-state index contributed by atoms with van der Waals surface area (Å²) in [6.45, 7) is 8.03. The Balaban J connectivity index is 1.71. The van der Waals surface area contributed by atoms with Crippen LogP contribution >= 0.6 is 11.3 Å². The minimum absolute atomic E-state index is 0.00659. The highest BCUT2D eigenvalue weighted by molar-refractivity contribution is 7.18. The second-order valence-electron chi connectivity index (χ2n) is 6.28. The molecule has 0 aliphatic heterocycles. The molecule has 2 aromatic heterocycles. The lowest BCUT2D eigenvalue weighted by Gasteiger charge is -2.15. The zero-order valence-electron chi connectivity index (χ0n) is 13.0. The van der Waals surface area contributed by atoms with E-state index in [1.165, 1.54) is 24.1 Å². The summed E-state index contributed by atoms with van der Waals surface area (Å²) in [7, 11) is 0. The number of aryl methyl sites for hydroxylation is 2. The minimum atomic E-state index is -0.00659. The number of hydrogen-bond acceptors (Lipinski definition) is 4. The van der Waals surface area contributed by atoms with Crippen LogP contribution < -0.4 is 10.9 Å². The third-order valence-electron chi connectivity index (χ3n) is 4.83. The monoisotopic (exact) mass is 305 g/mol. The standard InChI is InChI=1S/C16H23N3OS/c1-9-5-4-6-12(9)7-17-8-13-18-15(20)14-10(2)11(3)21-16(14)19-13/h9,12,17H,4-8H2,1-3H3,(H,18,19,20). The van der Waals surface area contributed by atoms with Gasteiger partial charge in [-0.15, -0.1) is 11.3 Å². The van der Waals surface area contributed by atoms with Crippen LogP contribution in [0.15, 0.2) is 4.79 Å². The molecule has 5 heteroatoms. The van der Waals surface area contributed by atoms with Gasteiger partial charge in [0.2, 0.25) is 0 Å². The molecule has 2 N–H and O–H groups in total. The molecule has 114 valence electrons. The predicted octanol–water partition coefficient (Wildman–Crippen LogP) is 3.13. The second-order valence-corrected chi connectivity index (χ2v) is 7.48. The first-order valence-corrected chi connectivity index (χ1v) is 8.57. The van der Waals surface area contributed by atoms with Gasteiger partial charge in [0.25, 0.3) is 5.56 Å². The minimum Gasteiger partial charge on any atom is -0.310 e. The van der Waals surface area contributed by atoms with Crippen molar-refractivity contribution in [1.82, 2.24) is 15.3 Å². The van der Waals surface area contributed by atoms with E-state index in [1.54, 1.807) is 11.3 Å². The maximum Gasteiger partial charge on any atom is 0.259 e. The molecule has 0 aromatic carbocycles. The topological polar surface area (TPSA) is 57.8 Å². The smallest absolute Gasteiger partial charge is 0.259 e. The molecule has 1 aliphatic carbocycles. The van der Waals surface area contributed by atoms with Crippen molar-refractivity contribution in [3.05, 3.63) is 26.6 Å². The van der Waals surface area contributed by atoms with Crippen molar-refractivity contribution in [3.8, 4) is 0 Å². The Kier molecular flexibility index (Phi) is 4.13. The number of fused-ring (bicyclic) bond motifs is 1. The lowest BCUT2D eigenvalue weighted by atomic mass is 9.98. The first kappa shape index (κ1) is 14.7. The molecule has 1 fully saturated rings. The van der Waals surface area contributed by atoms with Gasteiger partial charge in [-0.25, -0.2) is 4.98 Å². The molecule has 1 aliphatic rings. The van der Waals surface area contributed by atoms with E-state index in [1.807, 2.05) is 13.8 Å². The van der Waals surface area contributed by atoms with Crippen molar-refractivity contribution in [3.63, 3.8) is 0 Å². The number of aromatic nitrogens is 2. The highest BCUT2D eigenvalue weighted by Gasteiger charge is 2.22. The van der Waals surface area contributed by atoms with Crippen LogP contribution in [0.5, 0.6) is 0 Å². The van der Waals surface area contributed by atoms with Gasteiger partial charge in [0.1, 0.15) is 10.7 Å². The molecule has 1 saturated carbocycles. The molecule has 2 heterocycles. The van der Waals surface area contributed by atoms with E-state index < -0.39 is 0 Å². The van der Waals surface area contributed by atoms with Gasteiger partial charge in [-0.05, 0) is 44.2 Å². The average Bonchev–Trinajstić information content (AvgIpc) is 2.95. The maximum atomic E-state index is 12.2. The summed E-state index contributed by atoms with van der Waals surface area (Å²) >= 11 is 1.61. The van der Waals surface area contributed by atoms with Crippen LogP contribution in [0.3, 0.4) is 0 Å². The number of nitrogens with zero attached hydrogens (tertiary/aromatic N) is 1. The SMILES string of the molecule is Cc1sc2nc(CNCC3CCCC3C)[nH]c(=O)c2c1C. The Morgan fingerprint density at radius 2 is 2.19 bits per heavy atom. The largest absolute Gasteiger partial charge is 0.310 e. The summed E-state index contributed by atoms with van der Waals surface area (Å²) in [5.74, 6) is 2.33. The average molecular weight is 305 g/mol. The molecule has 0 amide bonds. The van der Waals surface area contributed by atoms with Crippen LogP contribution in [-0.4, -0.2) is 16.5 Å². The van der Waals surface area contributed by atoms with Gasteiger partial charge < -0.3 is 10.3 Å². The van der Waals surface area contributed by atoms with Gasteiger partial charge in [-0.1, -0.05) is 19.8 Å². The number of aromatic amines is 1. The Bertz CT molecular complexity index is 703. The highest BCUT2D eigenvalue weighted by Crippen LogP contribution is 2.30. The normalized spacial score (nSPS) is 22.2. The van der Waals surface area contributed by atoms with E-state index in [-0.39, 0.29) is 5.56 Å². The fourth-order valence-corrected chi connectivity index (χ4v) is 4.33. The zero-order chi connectivity index (χ0) is 15.0. The van der Waals surface area contributed by atoms with Crippen LogP contribution in [-0.2, 0) is 6.54 Å². The van der Waals surface area contributed by atoms with E-state index in [0.717, 1.165) is 40.0 Å². The van der Waals surface area contributed by atoms with Crippen molar-refractivity contribution in [2.24, 2.45) is 11.8 Å². The quantitative estimate of drug-likeness (QED) is 0.912. The van der Waals surface area contributed by atoms with Gasteiger partial charge in [-0.3, -0.25) is 4.79 Å².